The van der Waals surface area contributed by atoms with Crippen molar-refractivity contribution in [1.82, 2.24) is 9.55 Å². The molecule has 2 aliphatic rings. The smallest absolute Gasteiger partial charge is 0.151 e. The SMILES string of the molecule is CC1CCn2c(cnc2C2CCCS(=O)(=O)C2)C1. The van der Waals surface area contributed by atoms with E-state index in [9.17, 15) is 8.42 Å². The average molecular weight is 268 g/mol. The Bertz CT molecular complexity index is 547. The molecule has 0 bridgehead atoms. The third kappa shape index (κ3) is 2.20. The number of imidazole rings is 1. The lowest BCUT2D eigenvalue weighted by Crippen LogP contribution is -2.27. The van der Waals surface area contributed by atoms with Gasteiger partial charge in [-0.1, -0.05) is 6.92 Å². The third-order valence-corrected chi connectivity index (χ3v) is 6.02. The van der Waals surface area contributed by atoms with Gasteiger partial charge in [0, 0.05) is 24.4 Å². The van der Waals surface area contributed by atoms with Gasteiger partial charge in [0.05, 0.1) is 11.5 Å². The summed E-state index contributed by atoms with van der Waals surface area (Å²) in [5.74, 6) is 2.50. The van der Waals surface area contributed by atoms with Crippen LogP contribution in [-0.2, 0) is 22.8 Å². The molecule has 1 aromatic heterocycles. The fourth-order valence-corrected chi connectivity index (χ4v) is 4.91. The molecule has 0 amide bonds. The second-order valence-corrected chi connectivity index (χ2v) is 8.04. The zero-order valence-electron chi connectivity index (χ0n) is 10.8. The van der Waals surface area contributed by atoms with Crippen molar-refractivity contribution >= 4 is 9.84 Å². The topological polar surface area (TPSA) is 52.0 Å². The molecule has 1 fully saturated rings. The van der Waals surface area contributed by atoms with Gasteiger partial charge < -0.3 is 4.57 Å². The standard InChI is InChI=1S/C13H20N2O2S/c1-10-4-5-15-12(7-10)8-14-13(15)11-3-2-6-18(16,17)9-11/h8,10-11H,2-7,9H2,1H3. The Hall–Kier alpha value is -0.840. The molecule has 0 N–H and O–H groups in total. The molecule has 1 saturated heterocycles. The van der Waals surface area contributed by atoms with E-state index in [2.05, 4.69) is 16.5 Å². The predicted octanol–water partition coefficient (Wildman–Crippen LogP) is 1.76. The minimum atomic E-state index is -2.85. The van der Waals surface area contributed by atoms with Crippen LogP contribution in [0.3, 0.4) is 0 Å². The van der Waals surface area contributed by atoms with Gasteiger partial charge in [-0.25, -0.2) is 13.4 Å². The van der Waals surface area contributed by atoms with Crippen molar-refractivity contribution in [2.45, 2.75) is 45.1 Å². The van der Waals surface area contributed by atoms with Crippen molar-refractivity contribution < 1.29 is 8.42 Å². The summed E-state index contributed by atoms with van der Waals surface area (Å²) in [5.41, 5.74) is 1.28. The van der Waals surface area contributed by atoms with Gasteiger partial charge in [0.15, 0.2) is 9.84 Å². The van der Waals surface area contributed by atoms with E-state index < -0.39 is 9.84 Å². The highest BCUT2D eigenvalue weighted by molar-refractivity contribution is 7.91. The number of aromatic nitrogens is 2. The molecule has 0 spiro atoms. The summed E-state index contributed by atoms with van der Waals surface area (Å²) in [7, 11) is -2.85. The van der Waals surface area contributed by atoms with E-state index >= 15 is 0 Å². The van der Waals surface area contributed by atoms with Crippen LogP contribution < -0.4 is 0 Å². The van der Waals surface area contributed by atoms with Gasteiger partial charge >= 0.3 is 0 Å². The lowest BCUT2D eigenvalue weighted by molar-refractivity contribution is 0.400. The molecule has 0 radical (unpaired) electrons. The van der Waals surface area contributed by atoms with Crippen molar-refractivity contribution in [3.05, 3.63) is 17.7 Å². The first kappa shape index (κ1) is 12.2. The summed E-state index contributed by atoms with van der Waals surface area (Å²) in [6, 6.07) is 0. The van der Waals surface area contributed by atoms with Crippen molar-refractivity contribution in [3.8, 4) is 0 Å². The Morgan fingerprint density at radius 2 is 2.22 bits per heavy atom. The third-order valence-electron chi connectivity index (χ3n) is 4.20. The molecule has 100 valence electrons. The first-order chi connectivity index (χ1) is 8.55. The molecule has 3 rings (SSSR count). The van der Waals surface area contributed by atoms with Gasteiger partial charge in [0.25, 0.3) is 0 Å². The Labute approximate surface area is 108 Å². The van der Waals surface area contributed by atoms with Gasteiger partial charge in [0.1, 0.15) is 5.82 Å². The van der Waals surface area contributed by atoms with Crippen LogP contribution >= 0.6 is 0 Å². The van der Waals surface area contributed by atoms with Crippen LogP contribution in [0.4, 0.5) is 0 Å². The summed E-state index contributed by atoms with van der Waals surface area (Å²) in [5, 5.41) is 0. The molecule has 3 heterocycles. The second kappa shape index (κ2) is 4.37. The molecular weight excluding hydrogens is 248 g/mol. The number of hydrogen-bond acceptors (Lipinski definition) is 3. The maximum Gasteiger partial charge on any atom is 0.151 e. The summed E-state index contributed by atoms with van der Waals surface area (Å²) in [6.45, 7) is 3.27. The molecule has 0 aliphatic carbocycles. The predicted molar refractivity (Wildman–Crippen MR) is 70.3 cm³/mol. The lowest BCUT2D eigenvalue weighted by Gasteiger charge is -2.26. The van der Waals surface area contributed by atoms with Crippen LogP contribution in [0.15, 0.2) is 6.20 Å². The number of sulfone groups is 1. The van der Waals surface area contributed by atoms with Crippen molar-refractivity contribution in [3.63, 3.8) is 0 Å². The minimum absolute atomic E-state index is 0.117. The van der Waals surface area contributed by atoms with E-state index in [-0.39, 0.29) is 5.92 Å². The van der Waals surface area contributed by atoms with Crippen LogP contribution in [-0.4, -0.2) is 29.5 Å². The summed E-state index contributed by atoms with van der Waals surface area (Å²) in [6.07, 6.45) is 5.95. The molecule has 0 saturated carbocycles. The Morgan fingerprint density at radius 1 is 1.39 bits per heavy atom. The van der Waals surface area contributed by atoms with E-state index in [0.29, 0.717) is 11.5 Å². The van der Waals surface area contributed by atoms with Crippen LogP contribution in [0.25, 0.3) is 0 Å². The molecule has 1 aromatic rings. The zero-order valence-corrected chi connectivity index (χ0v) is 11.6. The van der Waals surface area contributed by atoms with E-state index in [1.807, 2.05) is 6.20 Å². The highest BCUT2D eigenvalue weighted by Crippen LogP contribution is 2.31. The lowest BCUT2D eigenvalue weighted by atomic mass is 9.97. The quantitative estimate of drug-likeness (QED) is 0.780. The Morgan fingerprint density at radius 3 is 3.00 bits per heavy atom. The number of nitrogens with zero attached hydrogens (tertiary/aromatic N) is 2. The van der Waals surface area contributed by atoms with E-state index in [1.165, 1.54) is 12.1 Å². The minimum Gasteiger partial charge on any atom is -0.332 e. The van der Waals surface area contributed by atoms with Crippen molar-refractivity contribution in [2.24, 2.45) is 5.92 Å². The molecule has 4 nitrogen and oxygen atoms in total. The van der Waals surface area contributed by atoms with Crippen LogP contribution in [0, 0.1) is 5.92 Å². The Kier molecular flexibility index (Phi) is 2.96. The first-order valence-corrected chi connectivity index (χ1v) is 8.62. The molecule has 2 atom stereocenters. The van der Waals surface area contributed by atoms with Gasteiger partial charge in [-0.15, -0.1) is 0 Å². The molecule has 5 heteroatoms. The van der Waals surface area contributed by atoms with Crippen molar-refractivity contribution in [2.75, 3.05) is 11.5 Å². The monoisotopic (exact) mass is 268 g/mol. The normalized spacial score (nSPS) is 30.9. The molecule has 18 heavy (non-hydrogen) atoms. The maximum absolute atomic E-state index is 11.7. The number of fused-ring (bicyclic) bond motifs is 1. The molecule has 0 aromatic carbocycles. The number of rotatable bonds is 1. The van der Waals surface area contributed by atoms with Crippen LogP contribution in [0.2, 0.25) is 0 Å². The van der Waals surface area contributed by atoms with Crippen molar-refractivity contribution in [1.29, 1.82) is 0 Å². The average Bonchev–Trinajstić information content (AvgIpc) is 2.70. The van der Waals surface area contributed by atoms with Crippen LogP contribution in [0.1, 0.15) is 43.6 Å². The number of hydrogen-bond donors (Lipinski definition) is 0. The Balaban J connectivity index is 1.89. The fraction of sp³-hybridized carbons (Fsp3) is 0.769. The fourth-order valence-electron chi connectivity index (χ4n) is 3.21. The molecule has 2 aliphatic heterocycles. The highest BCUT2D eigenvalue weighted by atomic mass is 32.2. The van der Waals surface area contributed by atoms with Gasteiger partial charge in [0.2, 0.25) is 0 Å². The summed E-state index contributed by atoms with van der Waals surface area (Å²) in [4.78, 5) is 4.52. The van der Waals surface area contributed by atoms with Crippen LogP contribution in [0.5, 0.6) is 0 Å². The highest BCUT2D eigenvalue weighted by Gasteiger charge is 2.30. The largest absolute Gasteiger partial charge is 0.332 e. The van der Waals surface area contributed by atoms with Gasteiger partial charge in [-0.05, 0) is 31.6 Å². The van der Waals surface area contributed by atoms with E-state index in [4.69, 9.17) is 0 Å². The van der Waals surface area contributed by atoms with Gasteiger partial charge in [-0.3, -0.25) is 0 Å². The zero-order chi connectivity index (χ0) is 12.8. The second-order valence-electron chi connectivity index (χ2n) is 5.81. The first-order valence-electron chi connectivity index (χ1n) is 6.80. The summed E-state index contributed by atoms with van der Waals surface area (Å²) < 4.78 is 25.7. The van der Waals surface area contributed by atoms with E-state index in [0.717, 1.165) is 37.5 Å². The molecular formula is C13H20N2O2S. The molecule has 2 unspecified atom stereocenters. The summed E-state index contributed by atoms with van der Waals surface area (Å²) >= 11 is 0. The maximum atomic E-state index is 11.7. The van der Waals surface area contributed by atoms with Gasteiger partial charge in [-0.2, -0.15) is 0 Å². The van der Waals surface area contributed by atoms with E-state index in [1.54, 1.807) is 0 Å².